The van der Waals surface area contributed by atoms with Crippen molar-refractivity contribution < 1.29 is 14.1 Å². The Morgan fingerprint density at radius 3 is 2.88 bits per heavy atom. The molecule has 0 bridgehead atoms. The Morgan fingerprint density at radius 1 is 1.38 bits per heavy atom. The molecule has 0 radical (unpaired) electrons. The van der Waals surface area contributed by atoms with Gasteiger partial charge < -0.3 is 15.2 Å². The van der Waals surface area contributed by atoms with Gasteiger partial charge >= 0.3 is 0 Å². The number of aromatic nitrogens is 2. The van der Waals surface area contributed by atoms with Gasteiger partial charge in [-0.1, -0.05) is 0 Å². The van der Waals surface area contributed by atoms with Crippen molar-refractivity contribution in [3.63, 3.8) is 0 Å². The topological polar surface area (TPSA) is 83.4 Å². The second-order valence-corrected chi connectivity index (χ2v) is 3.50. The maximum atomic E-state index is 5.72. The highest BCUT2D eigenvalue weighted by atomic mass is 16.6. The molecule has 86 valence electrons. The predicted octanol–water partition coefficient (Wildman–Crippen LogP) is 1.22. The maximum Gasteiger partial charge on any atom is 0.179 e. The third-order valence-electron chi connectivity index (χ3n) is 2.14. The van der Waals surface area contributed by atoms with E-state index in [1.807, 2.05) is 6.92 Å². The molecule has 0 aliphatic carbocycles. The molecule has 1 aromatic carbocycles. The van der Waals surface area contributed by atoms with E-state index in [-0.39, 0.29) is 6.10 Å². The smallest absolute Gasteiger partial charge is 0.179 e. The molecule has 1 aromatic heterocycles. The van der Waals surface area contributed by atoms with Gasteiger partial charge in [-0.15, -0.1) is 0 Å². The van der Waals surface area contributed by atoms with Gasteiger partial charge in [0, 0.05) is 7.11 Å². The van der Waals surface area contributed by atoms with E-state index >= 15 is 0 Å². The molecule has 2 rings (SSSR count). The van der Waals surface area contributed by atoms with Gasteiger partial charge in [0.15, 0.2) is 16.8 Å². The Labute approximate surface area is 92.3 Å². The van der Waals surface area contributed by atoms with Gasteiger partial charge in [-0.25, -0.2) is 4.63 Å². The lowest BCUT2D eigenvalue weighted by Crippen LogP contribution is -2.18. The van der Waals surface area contributed by atoms with Crippen LogP contribution in [-0.4, -0.2) is 30.1 Å². The van der Waals surface area contributed by atoms with Crippen LogP contribution in [0.2, 0.25) is 0 Å². The summed E-state index contributed by atoms with van der Waals surface area (Å²) in [5, 5.41) is 7.47. The molecule has 1 atom stereocenters. The van der Waals surface area contributed by atoms with Crippen molar-refractivity contribution in [3.8, 4) is 5.75 Å². The molecule has 6 heteroatoms. The van der Waals surface area contributed by atoms with E-state index in [4.69, 9.17) is 15.2 Å². The van der Waals surface area contributed by atoms with Crippen molar-refractivity contribution in [2.24, 2.45) is 0 Å². The molecule has 0 aliphatic heterocycles. The Hall–Kier alpha value is -1.82. The average Bonchev–Trinajstić information content (AvgIpc) is 2.72. The van der Waals surface area contributed by atoms with Crippen LogP contribution in [0, 0.1) is 0 Å². The zero-order chi connectivity index (χ0) is 11.5. The van der Waals surface area contributed by atoms with Crippen LogP contribution in [0.1, 0.15) is 6.92 Å². The van der Waals surface area contributed by atoms with E-state index < -0.39 is 0 Å². The second-order valence-electron chi connectivity index (χ2n) is 3.50. The number of hydrogen-bond donors (Lipinski definition) is 1. The van der Waals surface area contributed by atoms with E-state index in [0.717, 1.165) is 0 Å². The first-order valence-electron chi connectivity index (χ1n) is 4.88. The summed E-state index contributed by atoms with van der Waals surface area (Å²) in [4.78, 5) is 0. The summed E-state index contributed by atoms with van der Waals surface area (Å²) in [6, 6.07) is 3.45. The molecule has 1 unspecified atom stereocenters. The van der Waals surface area contributed by atoms with Crippen LogP contribution < -0.4 is 10.5 Å². The maximum absolute atomic E-state index is 5.72. The molecule has 2 N–H and O–H groups in total. The Bertz CT molecular complexity index is 483. The van der Waals surface area contributed by atoms with Crippen molar-refractivity contribution in [2.45, 2.75) is 13.0 Å². The summed E-state index contributed by atoms with van der Waals surface area (Å²) in [7, 11) is 1.62. The van der Waals surface area contributed by atoms with Gasteiger partial charge in [-0.2, -0.15) is 0 Å². The predicted molar refractivity (Wildman–Crippen MR) is 58.2 cm³/mol. The number of fused-ring (bicyclic) bond motifs is 1. The number of rotatable bonds is 4. The summed E-state index contributed by atoms with van der Waals surface area (Å²) in [6.07, 6.45) is -0.0754. The minimum absolute atomic E-state index is 0.0754. The first-order valence-corrected chi connectivity index (χ1v) is 4.88. The number of nitrogens with zero attached hydrogens (tertiary/aromatic N) is 2. The second kappa shape index (κ2) is 4.36. The Kier molecular flexibility index (Phi) is 2.91. The normalized spacial score (nSPS) is 12.9. The first kappa shape index (κ1) is 10.7. The number of methoxy groups -OCH3 is 1. The molecule has 0 saturated heterocycles. The standard InChI is InChI=1S/C10H13N3O3/c1-6(5-14-2)15-8-4-3-7(11)9-10(8)13-16-12-9/h3-4,6H,5,11H2,1-2H3. The van der Waals surface area contributed by atoms with Crippen molar-refractivity contribution >= 4 is 16.7 Å². The summed E-state index contributed by atoms with van der Waals surface area (Å²) in [5.74, 6) is 0.593. The number of nitrogens with two attached hydrogens (primary N) is 1. The van der Waals surface area contributed by atoms with Gasteiger partial charge in [0.25, 0.3) is 0 Å². The minimum Gasteiger partial charge on any atom is -0.486 e. The lowest BCUT2D eigenvalue weighted by molar-refractivity contribution is 0.0928. The molecular weight excluding hydrogens is 210 g/mol. The molecule has 6 nitrogen and oxygen atoms in total. The highest BCUT2D eigenvalue weighted by molar-refractivity contribution is 5.90. The lowest BCUT2D eigenvalue weighted by atomic mass is 10.2. The number of nitrogen functional groups attached to an aromatic ring is 1. The van der Waals surface area contributed by atoms with Crippen LogP contribution in [0.5, 0.6) is 5.75 Å². The molecule has 0 fully saturated rings. The molecule has 0 aliphatic rings. The van der Waals surface area contributed by atoms with E-state index in [2.05, 4.69) is 14.9 Å². The van der Waals surface area contributed by atoms with E-state index in [9.17, 15) is 0 Å². The molecule has 0 spiro atoms. The highest BCUT2D eigenvalue weighted by Crippen LogP contribution is 2.27. The van der Waals surface area contributed by atoms with E-state index in [1.165, 1.54) is 0 Å². The fourth-order valence-electron chi connectivity index (χ4n) is 1.44. The summed E-state index contributed by atoms with van der Waals surface area (Å²) in [5.41, 5.74) is 7.28. The fourth-order valence-corrected chi connectivity index (χ4v) is 1.44. The van der Waals surface area contributed by atoms with E-state index in [0.29, 0.717) is 29.1 Å². The largest absolute Gasteiger partial charge is 0.486 e. The summed E-state index contributed by atoms with van der Waals surface area (Å²) < 4.78 is 15.3. The van der Waals surface area contributed by atoms with Crippen LogP contribution in [0.25, 0.3) is 11.0 Å². The molecular formula is C10H13N3O3. The van der Waals surface area contributed by atoms with E-state index in [1.54, 1.807) is 19.2 Å². The monoisotopic (exact) mass is 223 g/mol. The van der Waals surface area contributed by atoms with Crippen LogP contribution in [0.3, 0.4) is 0 Å². The first-order chi connectivity index (χ1) is 7.72. The van der Waals surface area contributed by atoms with Gasteiger partial charge in [0.2, 0.25) is 0 Å². The Balaban J connectivity index is 2.31. The van der Waals surface area contributed by atoms with Crippen LogP contribution in [0.4, 0.5) is 5.69 Å². The van der Waals surface area contributed by atoms with Gasteiger partial charge in [-0.05, 0) is 29.4 Å². The number of ether oxygens (including phenoxy) is 2. The lowest BCUT2D eigenvalue weighted by Gasteiger charge is -2.13. The molecule has 2 aromatic rings. The minimum atomic E-state index is -0.0754. The number of anilines is 1. The molecule has 16 heavy (non-hydrogen) atoms. The van der Waals surface area contributed by atoms with Crippen LogP contribution in [0.15, 0.2) is 16.8 Å². The van der Waals surface area contributed by atoms with Crippen molar-refractivity contribution in [1.29, 1.82) is 0 Å². The zero-order valence-electron chi connectivity index (χ0n) is 9.14. The third kappa shape index (κ3) is 1.92. The average molecular weight is 223 g/mol. The van der Waals surface area contributed by atoms with Gasteiger partial charge in [0.1, 0.15) is 6.10 Å². The van der Waals surface area contributed by atoms with Crippen molar-refractivity contribution in [2.75, 3.05) is 19.5 Å². The van der Waals surface area contributed by atoms with Gasteiger partial charge in [-0.3, -0.25) is 0 Å². The van der Waals surface area contributed by atoms with Crippen molar-refractivity contribution in [3.05, 3.63) is 12.1 Å². The molecule has 1 heterocycles. The van der Waals surface area contributed by atoms with Crippen molar-refractivity contribution in [1.82, 2.24) is 10.3 Å². The highest BCUT2D eigenvalue weighted by Gasteiger charge is 2.13. The zero-order valence-corrected chi connectivity index (χ0v) is 9.14. The third-order valence-corrected chi connectivity index (χ3v) is 2.14. The van der Waals surface area contributed by atoms with Crippen LogP contribution >= 0.6 is 0 Å². The van der Waals surface area contributed by atoms with Crippen LogP contribution in [-0.2, 0) is 4.74 Å². The summed E-state index contributed by atoms with van der Waals surface area (Å²) in [6.45, 7) is 2.40. The fraction of sp³-hybridized carbons (Fsp3) is 0.400. The number of hydrogen-bond acceptors (Lipinski definition) is 6. The quantitative estimate of drug-likeness (QED) is 0.784. The van der Waals surface area contributed by atoms with Gasteiger partial charge in [0.05, 0.1) is 12.3 Å². The Morgan fingerprint density at radius 2 is 2.12 bits per heavy atom. The number of benzene rings is 1. The summed E-state index contributed by atoms with van der Waals surface area (Å²) >= 11 is 0. The SMILES string of the molecule is COCC(C)Oc1ccc(N)c2nonc12. The molecule has 0 saturated carbocycles. The molecule has 0 amide bonds.